The molecule has 2 unspecified atom stereocenters. The Balaban J connectivity index is 2.15. The van der Waals surface area contributed by atoms with Gasteiger partial charge in [-0.3, -0.25) is 4.68 Å². The summed E-state index contributed by atoms with van der Waals surface area (Å²) in [5.41, 5.74) is 6.81. The molecule has 1 saturated heterocycles. The van der Waals surface area contributed by atoms with Crippen molar-refractivity contribution >= 4 is 0 Å². The Kier molecular flexibility index (Phi) is 2.33. The van der Waals surface area contributed by atoms with Gasteiger partial charge in [0.05, 0.1) is 12.3 Å². The van der Waals surface area contributed by atoms with Crippen LogP contribution in [0.3, 0.4) is 0 Å². The number of nitrogens with two attached hydrogens (primary N) is 1. The van der Waals surface area contributed by atoms with Crippen LogP contribution >= 0.6 is 0 Å². The lowest BCUT2D eigenvalue weighted by atomic mass is 9.98. The average Bonchev–Trinajstić information content (AvgIpc) is 2.71. The molecule has 0 radical (unpaired) electrons. The summed E-state index contributed by atoms with van der Waals surface area (Å²) in [4.78, 5) is 0. The maximum atomic E-state index is 5.66. The zero-order valence-electron chi connectivity index (χ0n) is 7.81. The quantitative estimate of drug-likeness (QED) is 0.721. The maximum Gasteiger partial charge on any atom is 0.0896 e. The van der Waals surface area contributed by atoms with Gasteiger partial charge in [0.25, 0.3) is 0 Å². The molecule has 4 heteroatoms. The van der Waals surface area contributed by atoms with Crippen molar-refractivity contribution in [3.05, 3.63) is 18.0 Å². The fraction of sp³-hybridized carbons (Fsp3) is 0.667. The minimum atomic E-state index is 0.165. The lowest BCUT2D eigenvalue weighted by Crippen LogP contribution is -2.17. The Morgan fingerprint density at radius 3 is 3.23 bits per heavy atom. The maximum absolute atomic E-state index is 5.66. The van der Waals surface area contributed by atoms with Crippen LogP contribution in [0, 0.1) is 5.92 Å². The minimum Gasteiger partial charge on any atom is -0.373 e. The van der Waals surface area contributed by atoms with E-state index >= 15 is 0 Å². The molecule has 0 saturated carbocycles. The van der Waals surface area contributed by atoms with Gasteiger partial charge >= 0.3 is 0 Å². The molecule has 4 nitrogen and oxygen atoms in total. The lowest BCUT2D eigenvalue weighted by Gasteiger charge is -2.14. The van der Waals surface area contributed by atoms with Crippen molar-refractivity contribution in [2.45, 2.75) is 12.5 Å². The Labute approximate surface area is 77.7 Å². The summed E-state index contributed by atoms with van der Waals surface area (Å²) in [6.45, 7) is 1.51. The molecule has 1 aromatic rings. The topological polar surface area (TPSA) is 53.1 Å². The van der Waals surface area contributed by atoms with E-state index in [0.29, 0.717) is 12.5 Å². The van der Waals surface area contributed by atoms with E-state index in [1.807, 2.05) is 19.4 Å². The van der Waals surface area contributed by atoms with Crippen molar-refractivity contribution in [1.29, 1.82) is 0 Å². The van der Waals surface area contributed by atoms with Gasteiger partial charge in [0.15, 0.2) is 0 Å². The van der Waals surface area contributed by atoms with E-state index in [2.05, 4.69) is 5.10 Å². The minimum absolute atomic E-state index is 0.165. The summed E-state index contributed by atoms with van der Waals surface area (Å²) in [6.07, 6.45) is 5.09. The molecule has 0 bridgehead atoms. The molecule has 2 heterocycles. The number of rotatable bonds is 2. The van der Waals surface area contributed by atoms with E-state index < -0.39 is 0 Å². The molecule has 2 rings (SSSR count). The van der Waals surface area contributed by atoms with Crippen LogP contribution in [-0.4, -0.2) is 22.9 Å². The van der Waals surface area contributed by atoms with Crippen LogP contribution in [0.2, 0.25) is 0 Å². The summed E-state index contributed by atoms with van der Waals surface area (Å²) in [6, 6.07) is 0. The van der Waals surface area contributed by atoms with Crippen LogP contribution in [0.5, 0.6) is 0 Å². The molecule has 1 aliphatic rings. The molecule has 2 N–H and O–H groups in total. The highest BCUT2D eigenvalue weighted by Crippen LogP contribution is 2.33. The van der Waals surface area contributed by atoms with Crippen LogP contribution in [0.15, 0.2) is 12.4 Å². The van der Waals surface area contributed by atoms with Gasteiger partial charge < -0.3 is 10.5 Å². The van der Waals surface area contributed by atoms with E-state index in [-0.39, 0.29) is 6.10 Å². The van der Waals surface area contributed by atoms with Gasteiger partial charge in [0, 0.05) is 31.3 Å². The molecule has 1 aliphatic heterocycles. The van der Waals surface area contributed by atoms with Gasteiger partial charge in [-0.15, -0.1) is 0 Å². The van der Waals surface area contributed by atoms with Crippen LogP contribution in [0.25, 0.3) is 0 Å². The zero-order chi connectivity index (χ0) is 9.26. The molecule has 13 heavy (non-hydrogen) atoms. The van der Waals surface area contributed by atoms with Gasteiger partial charge in [-0.1, -0.05) is 0 Å². The molecular weight excluding hydrogens is 166 g/mol. The molecule has 0 aromatic carbocycles. The second kappa shape index (κ2) is 3.47. The Morgan fingerprint density at radius 2 is 2.62 bits per heavy atom. The van der Waals surface area contributed by atoms with Gasteiger partial charge in [-0.2, -0.15) is 5.10 Å². The second-order valence-corrected chi connectivity index (χ2v) is 3.52. The molecule has 1 fully saturated rings. The lowest BCUT2D eigenvalue weighted by molar-refractivity contribution is 0.0924. The summed E-state index contributed by atoms with van der Waals surface area (Å²) >= 11 is 0. The Bertz CT molecular complexity index is 284. The highest BCUT2D eigenvalue weighted by atomic mass is 16.5. The van der Waals surface area contributed by atoms with Crippen molar-refractivity contribution in [3.8, 4) is 0 Å². The van der Waals surface area contributed by atoms with E-state index in [9.17, 15) is 0 Å². The fourth-order valence-electron chi connectivity index (χ4n) is 1.83. The molecule has 0 aliphatic carbocycles. The van der Waals surface area contributed by atoms with Crippen molar-refractivity contribution in [1.82, 2.24) is 9.78 Å². The monoisotopic (exact) mass is 181 g/mol. The Morgan fingerprint density at radius 1 is 1.77 bits per heavy atom. The predicted octanol–water partition coefficient (Wildman–Crippen LogP) is 0.456. The van der Waals surface area contributed by atoms with Crippen molar-refractivity contribution in [2.24, 2.45) is 18.7 Å². The first-order chi connectivity index (χ1) is 6.31. The largest absolute Gasteiger partial charge is 0.373 e. The highest BCUT2D eigenvalue weighted by molar-refractivity contribution is 5.11. The number of hydrogen-bond donors (Lipinski definition) is 1. The smallest absolute Gasteiger partial charge is 0.0896 e. The van der Waals surface area contributed by atoms with E-state index in [4.69, 9.17) is 10.5 Å². The van der Waals surface area contributed by atoms with Crippen molar-refractivity contribution < 1.29 is 4.74 Å². The number of nitrogens with zero attached hydrogens (tertiary/aromatic N) is 2. The van der Waals surface area contributed by atoms with Crippen LogP contribution in [0.4, 0.5) is 0 Å². The number of ether oxygens (including phenoxy) is 1. The van der Waals surface area contributed by atoms with Crippen LogP contribution in [0.1, 0.15) is 18.1 Å². The zero-order valence-corrected chi connectivity index (χ0v) is 7.81. The number of aromatic nitrogens is 2. The summed E-state index contributed by atoms with van der Waals surface area (Å²) < 4.78 is 7.42. The van der Waals surface area contributed by atoms with Crippen LogP contribution in [-0.2, 0) is 11.8 Å². The third-order valence-electron chi connectivity index (χ3n) is 2.57. The van der Waals surface area contributed by atoms with Gasteiger partial charge in [-0.05, 0) is 13.0 Å². The Hall–Kier alpha value is -0.870. The first kappa shape index (κ1) is 8.72. The van der Waals surface area contributed by atoms with Crippen LogP contribution < -0.4 is 5.73 Å². The van der Waals surface area contributed by atoms with Gasteiger partial charge in [0.2, 0.25) is 0 Å². The normalized spacial score (nSPS) is 28.2. The third kappa shape index (κ3) is 1.59. The average molecular weight is 181 g/mol. The second-order valence-electron chi connectivity index (χ2n) is 3.52. The standard InChI is InChI=1S/C9H15N3O/c1-12-6-8(5-11-12)9-7(4-10)2-3-13-9/h5-7,9H,2-4,10H2,1H3. The van der Waals surface area contributed by atoms with E-state index in [1.54, 1.807) is 4.68 Å². The number of hydrogen-bond acceptors (Lipinski definition) is 3. The number of aryl methyl sites for hydroxylation is 1. The van der Waals surface area contributed by atoms with Crippen molar-refractivity contribution in [2.75, 3.05) is 13.2 Å². The van der Waals surface area contributed by atoms with Gasteiger partial charge in [0.1, 0.15) is 0 Å². The first-order valence-corrected chi connectivity index (χ1v) is 4.61. The highest BCUT2D eigenvalue weighted by Gasteiger charge is 2.29. The van der Waals surface area contributed by atoms with E-state index in [0.717, 1.165) is 18.6 Å². The van der Waals surface area contributed by atoms with E-state index in [1.165, 1.54) is 0 Å². The molecular formula is C9H15N3O. The molecule has 2 atom stereocenters. The van der Waals surface area contributed by atoms with Crippen molar-refractivity contribution in [3.63, 3.8) is 0 Å². The summed E-state index contributed by atoms with van der Waals surface area (Å²) in [5, 5.41) is 4.13. The SMILES string of the molecule is Cn1cc(C2OCCC2CN)cn1. The fourth-order valence-corrected chi connectivity index (χ4v) is 1.83. The predicted molar refractivity (Wildman–Crippen MR) is 49.1 cm³/mol. The summed E-state index contributed by atoms with van der Waals surface area (Å²) in [5.74, 6) is 0.462. The first-order valence-electron chi connectivity index (χ1n) is 4.61. The molecule has 0 spiro atoms. The molecule has 1 aromatic heterocycles. The molecule has 72 valence electrons. The third-order valence-corrected chi connectivity index (χ3v) is 2.57. The molecule has 0 amide bonds. The summed E-state index contributed by atoms with van der Waals surface area (Å²) in [7, 11) is 1.91. The van der Waals surface area contributed by atoms with Gasteiger partial charge in [-0.25, -0.2) is 0 Å².